The second kappa shape index (κ2) is 3.15. The first-order valence-corrected chi connectivity index (χ1v) is 5.25. The summed E-state index contributed by atoms with van der Waals surface area (Å²) >= 11 is 1.97. The van der Waals surface area contributed by atoms with E-state index in [9.17, 15) is 4.79 Å². The normalized spacial score (nSPS) is 38.5. The highest BCUT2D eigenvalue weighted by Crippen LogP contribution is 2.39. The highest BCUT2D eigenvalue weighted by atomic mass is 32.2. The molecule has 1 N–H and O–H groups in total. The van der Waals surface area contributed by atoms with Crippen molar-refractivity contribution in [3.05, 3.63) is 0 Å². The number of nitrogens with one attached hydrogen (secondary N) is 1. The van der Waals surface area contributed by atoms with Gasteiger partial charge in [-0.3, -0.25) is 0 Å². The first kappa shape index (κ1) is 7.62. The molecule has 0 aromatic heterocycles. The summed E-state index contributed by atoms with van der Waals surface area (Å²) in [6.07, 6.45) is 3.84. The third-order valence-corrected chi connectivity index (χ3v) is 3.91. The fourth-order valence-corrected chi connectivity index (χ4v) is 2.88. The van der Waals surface area contributed by atoms with E-state index < -0.39 is 0 Å². The van der Waals surface area contributed by atoms with Crippen LogP contribution in [0.25, 0.3) is 0 Å². The Balaban J connectivity index is 1.79. The number of rotatable bonds is 2. The number of hydrogen-bond acceptors (Lipinski definition) is 3. The average Bonchev–Trinajstić information content (AvgIpc) is 2.87. The van der Waals surface area contributed by atoms with Crippen molar-refractivity contribution < 1.29 is 4.79 Å². The Bertz CT molecular complexity index is 150. The van der Waals surface area contributed by atoms with E-state index in [1.807, 2.05) is 11.8 Å². The molecule has 1 heterocycles. The van der Waals surface area contributed by atoms with Crippen molar-refractivity contribution in [2.45, 2.75) is 24.1 Å². The number of thioether (sulfide) groups is 1. The van der Waals surface area contributed by atoms with Crippen LogP contribution >= 0.6 is 11.8 Å². The SMILES string of the molecule is O=CC1CSC(C2CC2)CN1. The molecule has 2 unspecified atom stereocenters. The van der Waals surface area contributed by atoms with Gasteiger partial charge in [0.15, 0.2) is 0 Å². The minimum atomic E-state index is 0.120. The van der Waals surface area contributed by atoms with Crippen LogP contribution in [-0.4, -0.2) is 29.9 Å². The van der Waals surface area contributed by atoms with E-state index >= 15 is 0 Å². The molecule has 2 fully saturated rings. The molecule has 1 aliphatic carbocycles. The monoisotopic (exact) mass is 171 g/mol. The zero-order chi connectivity index (χ0) is 7.68. The summed E-state index contributed by atoms with van der Waals surface area (Å²) < 4.78 is 0. The molecule has 0 amide bonds. The van der Waals surface area contributed by atoms with Crippen LogP contribution in [0, 0.1) is 5.92 Å². The fourth-order valence-electron chi connectivity index (χ4n) is 1.47. The molecule has 2 aliphatic rings. The molecule has 2 nitrogen and oxygen atoms in total. The van der Waals surface area contributed by atoms with Gasteiger partial charge in [-0.25, -0.2) is 0 Å². The Kier molecular flexibility index (Phi) is 2.18. The van der Waals surface area contributed by atoms with Crippen LogP contribution in [0.4, 0.5) is 0 Å². The largest absolute Gasteiger partial charge is 0.306 e. The Morgan fingerprint density at radius 3 is 2.73 bits per heavy atom. The number of carbonyl (C=O) groups is 1. The topological polar surface area (TPSA) is 29.1 Å². The van der Waals surface area contributed by atoms with Crippen molar-refractivity contribution in [3.8, 4) is 0 Å². The molecule has 0 spiro atoms. The molecule has 1 saturated carbocycles. The van der Waals surface area contributed by atoms with Crippen molar-refractivity contribution in [2.24, 2.45) is 5.92 Å². The summed E-state index contributed by atoms with van der Waals surface area (Å²) in [5.74, 6) is 1.94. The quantitative estimate of drug-likeness (QED) is 0.619. The van der Waals surface area contributed by atoms with Crippen molar-refractivity contribution in [2.75, 3.05) is 12.3 Å². The van der Waals surface area contributed by atoms with Gasteiger partial charge in [-0.1, -0.05) is 0 Å². The molecule has 0 bridgehead atoms. The maximum atomic E-state index is 10.4. The van der Waals surface area contributed by atoms with Crippen molar-refractivity contribution in [3.63, 3.8) is 0 Å². The van der Waals surface area contributed by atoms with Crippen LogP contribution in [0.5, 0.6) is 0 Å². The molecule has 62 valence electrons. The summed E-state index contributed by atoms with van der Waals surface area (Å²) in [5, 5.41) is 4.05. The molecule has 0 aromatic carbocycles. The van der Waals surface area contributed by atoms with Gasteiger partial charge in [0, 0.05) is 17.5 Å². The second-order valence-electron chi connectivity index (χ2n) is 3.36. The van der Waals surface area contributed by atoms with Crippen molar-refractivity contribution in [1.29, 1.82) is 0 Å². The van der Waals surface area contributed by atoms with Crippen LogP contribution in [0.3, 0.4) is 0 Å². The lowest BCUT2D eigenvalue weighted by Crippen LogP contribution is -2.43. The summed E-state index contributed by atoms with van der Waals surface area (Å²) in [6, 6.07) is 0.120. The summed E-state index contributed by atoms with van der Waals surface area (Å²) in [6.45, 7) is 1.04. The van der Waals surface area contributed by atoms with E-state index in [1.165, 1.54) is 12.8 Å². The van der Waals surface area contributed by atoms with E-state index in [4.69, 9.17) is 0 Å². The van der Waals surface area contributed by atoms with E-state index in [0.29, 0.717) is 0 Å². The molecule has 1 aliphatic heterocycles. The van der Waals surface area contributed by atoms with E-state index in [-0.39, 0.29) is 6.04 Å². The van der Waals surface area contributed by atoms with Crippen LogP contribution < -0.4 is 5.32 Å². The lowest BCUT2D eigenvalue weighted by Gasteiger charge is -2.26. The Morgan fingerprint density at radius 1 is 1.45 bits per heavy atom. The van der Waals surface area contributed by atoms with E-state index in [0.717, 1.165) is 29.8 Å². The molecular weight excluding hydrogens is 158 g/mol. The molecule has 0 aromatic rings. The highest BCUT2D eigenvalue weighted by Gasteiger charge is 2.34. The Hall–Kier alpha value is -0.0200. The highest BCUT2D eigenvalue weighted by molar-refractivity contribution is 8.00. The van der Waals surface area contributed by atoms with Gasteiger partial charge in [-0.05, 0) is 18.8 Å². The lowest BCUT2D eigenvalue weighted by molar-refractivity contribution is -0.109. The van der Waals surface area contributed by atoms with Crippen molar-refractivity contribution >= 4 is 18.0 Å². The van der Waals surface area contributed by atoms with Gasteiger partial charge in [0.2, 0.25) is 0 Å². The number of carbonyl (C=O) groups excluding carboxylic acids is 1. The van der Waals surface area contributed by atoms with E-state index in [1.54, 1.807) is 0 Å². The minimum absolute atomic E-state index is 0.120. The zero-order valence-electron chi connectivity index (χ0n) is 6.45. The zero-order valence-corrected chi connectivity index (χ0v) is 7.27. The van der Waals surface area contributed by atoms with Gasteiger partial charge in [0.1, 0.15) is 6.29 Å². The fraction of sp³-hybridized carbons (Fsp3) is 0.875. The Labute approximate surface area is 71.1 Å². The first-order chi connectivity index (χ1) is 5.40. The molecule has 1 saturated heterocycles. The minimum Gasteiger partial charge on any atom is -0.306 e. The molecule has 0 radical (unpaired) electrons. The van der Waals surface area contributed by atoms with Crippen LogP contribution in [0.2, 0.25) is 0 Å². The van der Waals surface area contributed by atoms with Crippen molar-refractivity contribution in [1.82, 2.24) is 5.32 Å². The smallest absolute Gasteiger partial charge is 0.137 e. The van der Waals surface area contributed by atoms with Gasteiger partial charge in [-0.2, -0.15) is 11.8 Å². The lowest BCUT2D eigenvalue weighted by atomic mass is 10.2. The average molecular weight is 171 g/mol. The van der Waals surface area contributed by atoms with E-state index in [2.05, 4.69) is 5.32 Å². The van der Waals surface area contributed by atoms with Crippen LogP contribution in [0.15, 0.2) is 0 Å². The van der Waals surface area contributed by atoms with Gasteiger partial charge in [0.05, 0.1) is 6.04 Å². The third-order valence-electron chi connectivity index (χ3n) is 2.38. The molecule has 11 heavy (non-hydrogen) atoms. The van der Waals surface area contributed by atoms with Gasteiger partial charge in [0.25, 0.3) is 0 Å². The Morgan fingerprint density at radius 2 is 2.27 bits per heavy atom. The molecule has 2 rings (SSSR count). The number of aldehydes is 1. The van der Waals surface area contributed by atoms with Crippen LogP contribution in [-0.2, 0) is 4.79 Å². The number of hydrogen-bond donors (Lipinski definition) is 1. The predicted molar refractivity (Wildman–Crippen MR) is 46.8 cm³/mol. The summed E-state index contributed by atoms with van der Waals surface area (Å²) in [5.41, 5.74) is 0. The van der Waals surface area contributed by atoms with Crippen LogP contribution in [0.1, 0.15) is 12.8 Å². The molecule has 2 atom stereocenters. The molecule has 3 heteroatoms. The van der Waals surface area contributed by atoms with Gasteiger partial charge >= 0.3 is 0 Å². The predicted octanol–water partition coefficient (Wildman–Crippen LogP) is 0.669. The maximum Gasteiger partial charge on any atom is 0.137 e. The maximum absolute atomic E-state index is 10.4. The summed E-state index contributed by atoms with van der Waals surface area (Å²) in [4.78, 5) is 10.4. The standard InChI is InChI=1S/C8H13NOS/c10-4-7-5-11-8(3-9-7)6-1-2-6/h4,6-9H,1-3,5H2. The summed E-state index contributed by atoms with van der Waals surface area (Å²) in [7, 11) is 0. The van der Waals surface area contributed by atoms with Gasteiger partial charge in [-0.15, -0.1) is 0 Å². The second-order valence-corrected chi connectivity index (χ2v) is 4.63. The third kappa shape index (κ3) is 1.76. The first-order valence-electron chi connectivity index (χ1n) is 4.20. The van der Waals surface area contributed by atoms with Gasteiger partial charge < -0.3 is 10.1 Å². The molecular formula is C8H13NOS.